The van der Waals surface area contributed by atoms with Gasteiger partial charge in [0.2, 0.25) is 0 Å². The van der Waals surface area contributed by atoms with Crippen LogP contribution >= 0.6 is 34.5 Å². The van der Waals surface area contributed by atoms with E-state index in [0.717, 1.165) is 26.5 Å². The van der Waals surface area contributed by atoms with Crippen molar-refractivity contribution < 1.29 is 0 Å². The molecule has 1 aromatic carbocycles. The van der Waals surface area contributed by atoms with Crippen LogP contribution in [-0.4, -0.2) is 4.98 Å². The molecule has 0 saturated carbocycles. The van der Waals surface area contributed by atoms with Gasteiger partial charge in [0.25, 0.3) is 0 Å². The second-order valence-electron chi connectivity index (χ2n) is 4.98. The van der Waals surface area contributed by atoms with Crippen LogP contribution in [0, 0.1) is 6.92 Å². The summed E-state index contributed by atoms with van der Waals surface area (Å²) in [7, 11) is 0. The van der Waals surface area contributed by atoms with Crippen molar-refractivity contribution in [1.82, 2.24) is 4.98 Å². The Labute approximate surface area is 137 Å². The molecule has 0 aliphatic rings. The average Bonchev–Trinajstić information content (AvgIpc) is 2.81. The lowest BCUT2D eigenvalue weighted by Gasteiger charge is -2.17. The molecular formula is C16H14Cl2N2S. The summed E-state index contributed by atoms with van der Waals surface area (Å²) in [5.74, 6) is 0. The molecule has 0 saturated heterocycles. The van der Waals surface area contributed by atoms with Crippen LogP contribution in [0.25, 0.3) is 10.9 Å². The zero-order valence-corrected chi connectivity index (χ0v) is 14.0. The lowest BCUT2D eigenvalue weighted by molar-refractivity contribution is 0.893. The Hall–Kier alpha value is -1.29. The second-order valence-corrected chi connectivity index (χ2v) is 7.26. The first-order chi connectivity index (χ1) is 10.1. The van der Waals surface area contributed by atoms with E-state index in [1.165, 1.54) is 16.9 Å². The van der Waals surface area contributed by atoms with Gasteiger partial charge < -0.3 is 5.32 Å². The molecule has 0 amide bonds. The molecule has 0 radical (unpaired) electrons. The Bertz CT molecular complexity index is 798. The highest BCUT2D eigenvalue weighted by atomic mass is 35.5. The van der Waals surface area contributed by atoms with Gasteiger partial charge in [-0.1, -0.05) is 29.3 Å². The minimum absolute atomic E-state index is 0.0763. The fraction of sp³-hybridized carbons (Fsp3) is 0.188. The molecule has 5 heteroatoms. The van der Waals surface area contributed by atoms with Gasteiger partial charge in [-0.3, -0.25) is 4.98 Å². The van der Waals surface area contributed by atoms with Crippen LogP contribution in [-0.2, 0) is 0 Å². The van der Waals surface area contributed by atoms with Crippen LogP contribution in [0.5, 0.6) is 0 Å². The SMILES string of the molecule is Cc1ccc(NC(C)c2cc(Cl)sc2Cl)c2cccnc12. The molecule has 1 unspecified atom stereocenters. The number of anilines is 1. The van der Waals surface area contributed by atoms with Crippen molar-refractivity contribution in [2.45, 2.75) is 19.9 Å². The summed E-state index contributed by atoms with van der Waals surface area (Å²) in [5.41, 5.74) is 4.25. The van der Waals surface area contributed by atoms with Crippen molar-refractivity contribution in [2.24, 2.45) is 0 Å². The van der Waals surface area contributed by atoms with Crippen molar-refractivity contribution in [1.29, 1.82) is 0 Å². The quantitative estimate of drug-likeness (QED) is 0.626. The predicted octanol–water partition coefficient (Wildman–Crippen LogP) is 6.08. The molecule has 0 aliphatic carbocycles. The molecule has 21 heavy (non-hydrogen) atoms. The molecule has 3 rings (SSSR count). The number of rotatable bonds is 3. The first-order valence-corrected chi connectivity index (χ1v) is 8.19. The average molecular weight is 337 g/mol. The highest BCUT2D eigenvalue weighted by Gasteiger charge is 2.14. The first kappa shape index (κ1) is 14.6. The highest BCUT2D eigenvalue weighted by Crippen LogP contribution is 2.37. The van der Waals surface area contributed by atoms with Crippen LogP contribution in [0.15, 0.2) is 36.5 Å². The van der Waals surface area contributed by atoms with E-state index in [-0.39, 0.29) is 6.04 Å². The van der Waals surface area contributed by atoms with E-state index in [9.17, 15) is 0 Å². The van der Waals surface area contributed by atoms with Gasteiger partial charge in [0, 0.05) is 22.8 Å². The number of aromatic nitrogens is 1. The minimum Gasteiger partial charge on any atom is -0.378 e. The van der Waals surface area contributed by atoms with Crippen LogP contribution in [0.4, 0.5) is 5.69 Å². The summed E-state index contributed by atoms with van der Waals surface area (Å²) < 4.78 is 1.44. The number of benzene rings is 1. The zero-order chi connectivity index (χ0) is 15.0. The summed E-state index contributed by atoms with van der Waals surface area (Å²) in [5, 5.41) is 4.62. The third kappa shape index (κ3) is 2.86. The number of hydrogen-bond donors (Lipinski definition) is 1. The fourth-order valence-corrected chi connectivity index (χ4v) is 4.04. The molecule has 1 N–H and O–H groups in total. The van der Waals surface area contributed by atoms with Gasteiger partial charge in [-0.15, -0.1) is 11.3 Å². The van der Waals surface area contributed by atoms with E-state index in [0.29, 0.717) is 4.34 Å². The smallest absolute Gasteiger partial charge is 0.0996 e. The summed E-state index contributed by atoms with van der Waals surface area (Å²) >= 11 is 13.6. The maximum atomic E-state index is 6.23. The molecule has 3 aromatic rings. The Morgan fingerprint density at radius 2 is 2.05 bits per heavy atom. The molecule has 0 aliphatic heterocycles. The Morgan fingerprint density at radius 1 is 1.24 bits per heavy atom. The van der Waals surface area contributed by atoms with E-state index >= 15 is 0 Å². The molecule has 0 fully saturated rings. The van der Waals surface area contributed by atoms with Crippen molar-refractivity contribution in [3.05, 3.63) is 56.3 Å². The molecule has 2 nitrogen and oxygen atoms in total. The van der Waals surface area contributed by atoms with E-state index in [1.807, 2.05) is 18.3 Å². The van der Waals surface area contributed by atoms with Crippen molar-refractivity contribution >= 4 is 51.1 Å². The van der Waals surface area contributed by atoms with E-state index in [1.54, 1.807) is 0 Å². The van der Waals surface area contributed by atoms with Crippen LogP contribution < -0.4 is 5.32 Å². The maximum absolute atomic E-state index is 6.23. The largest absolute Gasteiger partial charge is 0.378 e. The van der Waals surface area contributed by atoms with Gasteiger partial charge in [-0.05, 0) is 43.7 Å². The fourth-order valence-electron chi connectivity index (χ4n) is 2.40. The Balaban J connectivity index is 1.99. The lowest BCUT2D eigenvalue weighted by atomic mass is 10.1. The van der Waals surface area contributed by atoms with Crippen LogP contribution in [0.3, 0.4) is 0 Å². The number of hydrogen-bond acceptors (Lipinski definition) is 3. The van der Waals surface area contributed by atoms with Crippen LogP contribution in [0.1, 0.15) is 24.1 Å². The van der Waals surface area contributed by atoms with Crippen molar-refractivity contribution in [2.75, 3.05) is 5.32 Å². The molecule has 2 aromatic heterocycles. The van der Waals surface area contributed by atoms with Gasteiger partial charge in [-0.2, -0.15) is 0 Å². The van der Waals surface area contributed by atoms with Gasteiger partial charge in [0.15, 0.2) is 0 Å². The predicted molar refractivity (Wildman–Crippen MR) is 92.9 cm³/mol. The number of nitrogens with one attached hydrogen (secondary N) is 1. The summed E-state index contributed by atoms with van der Waals surface area (Å²) in [6.07, 6.45) is 1.82. The molecule has 108 valence electrons. The van der Waals surface area contributed by atoms with Crippen molar-refractivity contribution in [3.63, 3.8) is 0 Å². The number of thiophene rings is 1. The standard InChI is InChI=1S/C16H14Cl2N2S/c1-9-5-6-13(11-4-3-7-19-15(9)11)20-10(2)12-8-14(17)21-16(12)18/h3-8,10,20H,1-2H3. The summed E-state index contributed by atoms with van der Waals surface area (Å²) in [4.78, 5) is 4.46. The molecule has 0 spiro atoms. The molecular weight excluding hydrogens is 323 g/mol. The zero-order valence-electron chi connectivity index (χ0n) is 11.7. The second kappa shape index (κ2) is 5.84. The van der Waals surface area contributed by atoms with Crippen LogP contribution in [0.2, 0.25) is 8.67 Å². The normalized spacial score (nSPS) is 12.6. The number of fused-ring (bicyclic) bond motifs is 1. The highest BCUT2D eigenvalue weighted by molar-refractivity contribution is 7.20. The topological polar surface area (TPSA) is 24.9 Å². The van der Waals surface area contributed by atoms with E-state index < -0.39 is 0 Å². The number of halogens is 2. The summed E-state index contributed by atoms with van der Waals surface area (Å²) in [6, 6.07) is 10.2. The van der Waals surface area contributed by atoms with Gasteiger partial charge in [0.1, 0.15) is 0 Å². The third-order valence-electron chi connectivity index (χ3n) is 3.49. The molecule has 1 atom stereocenters. The Morgan fingerprint density at radius 3 is 2.76 bits per heavy atom. The Kier molecular flexibility index (Phi) is 4.07. The number of aryl methyl sites for hydroxylation is 1. The number of pyridine rings is 1. The van der Waals surface area contributed by atoms with E-state index in [4.69, 9.17) is 23.2 Å². The van der Waals surface area contributed by atoms with E-state index in [2.05, 4.69) is 42.3 Å². The first-order valence-electron chi connectivity index (χ1n) is 6.62. The monoisotopic (exact) mass is 336 g/mol. The van der Waals surface area contributed by atoms with Gasteiger partial charge >= 0.3 is 0 Å². The molecule has 2 heterocycles. The maximum Gasteiger partial charge on any atom is 0.0996 e. The molecule has 0 bridgehead atoms. The lowest BCUT2D eigenvalue weighted by Crippen LogP contribution is -2.06. The van der Waals surface area contributed by atoms with Gasteiger partial charge in [0.05, 0.1) is 20.2 Å². The summed E-state index contributed by atoms with van der Waals surface area (Å²) in [6.45, 7) is 4.14. The van der Waals surface area contributed by atoms with Gasteiger partial charge in [-0.25, -0.2) is 0 Å². The number of nitrogens with zero attached hydrogens (tertiary/aromatic N) is 1. The van der Waals surface area contributed by atoms with Crippen molar-refractivity contribution in [3.8, 4) is 0 Å². The third-order valence-corrected chi connectivity index (χ3v) is 5.01. The minimum atomic E-state index is 0.0763.